The molecule has 0 aliphatic carbocycles. The molecule has 7 heteroatoms. The van der Waals surface area contributed by atoms with Gasteiger partial charge in [0.1, 0.15) is 11.8 Å². The summed E-state index contributed by atoms with van der Waals surface area (Å²) >= 11 is 6.09. The molecule has 2 N–H and O–H groups in total. The van der Waals surface area contributed by atoms with E-state index in [4.69, 9.17) is 16.1 Å². The van der Waals surface area contributed by atoms with Crippen molar-refractivity contribution in [2.75, 3.05) is 5.32 Å². The van der Waals surface area contributed by atoms with Crippen LogP contribution >= 0.6 is 11.6 Å². The van der Waals surface area contributed by atoms with Crippen molar-refractivity contribution in [1.29, 1.82) is 0 Å². The lowest BCUT2D eigenvalue weighted by atomic mass is 10.0. The standard InChI is InChI=1S/C20H18ClN3O3/c1-13-11-18(24-27-13)23-20(26)17(12-14-7-3-2-4-8-14)22-19(25)15-9-5-6-10-16(15)21/h2-11,17H,12H2,1H3,(H,22,25)(H,23,24,26)/t17-/m0/s1. The van der Waals surface area contributed by atoms with Crippen LogP contribution < -0.4 is 10.6 Å². The van der Waals surface area contributed by atoms with Crippen LogP contribution in [0, 0.1) is 6.92 Å². The van der Waals surface area contributed by atoms with Crippen LogP contribution in [-0.4, -0.2) is 23.0 Å². The zero-order valence-corrected chi connectivity index (χ0v) is 15.4. The molecule has 0 radical (unpaired) electrons. The summed E-state index contributed by atoms with van der Waals surface area (Å²) in [6.45, 7) is 1.73. The molecule has 6 nitrogen and oxygen atoms in total. The number of benzene rings is 2. The predicted octanol–water partition coefficient (Wildman–Crippen LogP) is 3.62. The summed E-state index contributed by atoms with van der Waals surface area (Å²) in [5, 5.41) is 9.49. The number of aryl methyl sites for hydroxylation is 1. The molecule has 1 atom stereocenters. The number of halogens is 1. The zero-order valence-electron chi connectivity index (χ0n) is 14.6. The lowest BCUT2D eigenvalue weighted by Gasteiger charge is -2.18. The first-order chi connectivity index (χ1) is 13.0. The number of aromatic nitrogens is 1. The number of nitrogens with one attached hydrogen (secondary N) is 2. The summed E-state index contributed by atoms with van der Waals surface area (Å²) in [7, 11) is 0. The van der Waals surface area contributed by atoms with E-state index in [0.717, 1.165) is 5.56 Å². The summed E-state index contributed by atoms with van der Waals surface area (Å²) in [4.78, 5) is 25.4. The second kappa shape index (κ2) is 8.51. The second-order valence-corrected chi connectivity index (χ2v) is 6.41. The smallest absolute Gasteiger partial charge is 0.253 e. The number of rotatable bonds is 6. The lowest BCUT2D eigenvalue weighted by molar-refractivity contribution is -0.118. The Labute approximate surface area is 161 Å². The number of anilines is 1. The van der Waals surface area contributed by atoms with Crippen LogP contribution in [-0.2, 0) is 11.2 Å². The largest absolute Gasteiger partial charge is 0.360 e. The van der Waals surface area contributed by atoms with Crippen molar-refractivity contribution in [3.63, 3.8) is 0 Å². The second-order valence-electron chi connectivity index (χ2n) is 6.01. The van der Waals surface area contributed by atoms with Crippen LogP contribution in [0.15, 0.2) is 65.2 Å². The highest BCUT2D eigenvalue weighted by Crippen LogP contribution is 2.16. The molecule has 138 valence electrons. The Balaban J connectivity index is 1.79. The predicted molar refractivity (Wildman–Crippen MR) is 103 cm³/mol. The van der Waals surface area contributed by atoms with E-state index in [1.165, 1.54) is 0 Å². The van der Waals surface area contributed by atoms with Crippen LogP contribution in [0.2, 0.25) is 5.02 Å². The maximum Gasteiger partial charge on any atom is 0.253 e. The fraction of sp³-hybridized carbons (Fsp3) is 0.150. The molecule has 0 spiro atoms. The van der Waals surface area contributed by atoms with Gasteiger partial charge in [0.15, 0.2) is 5.82 Å². The van der Waals surface area contributed by atoms with E-state index in [2.05, 4.69) is 15.8 Å². The molecule has 2 amide bonds. The Morgan fingerprint density at radius 2 is 1.81 bits per heavy atom. The molecule has 27 heavy (non-hydrogen) atoms. The first-order valence-corrected chi connectivity index (χ1v) is 8.74. The van der Waals surface area contributed by atoms with Gasteiger partial charge in [0.2, 0.25) is 5.91 Å². The third-order valence-corrected chi connectivity index (χ3v) is 4.23. The van der Waals surface area contributed by atoms with Gasteiger partial charge in [-0.2, -0.15) is 0 Å². The van der Waals surface area contributed by atoms with Gasteiger partial charge in [-0.3, -0.25) is 9.59 Å². The fourth-order valence-corrected chi connectivity index (χ4v) is 2.80. The van der Waals surface area contributed by atoms with E-state index in [1.807, 2.05) is 30.3 Å². The maximum atomic E-state index is 12.7. The van der Waals surface area contributed by atoms with Crippen LogP contribution in [0.1, 0.15) is 21.7 Å². The number of carbonyl (C=O) groups is 2. The van der Waals surface area contributed by atoms with Crippen LogP contribution in [0.5, 0.6) is 0 Å². The summed E-state index contributed by atoms with van der Waals surface area (Å²) in [5.74, 6) is 0.0492. The average molecular weight is 384 g/mol. The molecule has 0 aliphatic heterocycles. The molecule has 3 aromatic rings. The summed E-state index contributed by atoms with van der Waals surface area (Å²) < 4.78 is 4.96. The Morgan fingerprint density at radius 3 is 2.48 bits per heavy atom. The number of hydrogen-bond acceptors (Lipinski definition) is 4. The number of carbonyl (C=O) groups excluding carboxylic acids is 2. The van der Waals surface area contributed by atoms with E-state index in [0.29, 0.717) is 28.6 Å². The highest BCUT2D eigenvalue weighted by atomic mass is 35.5. The zero-order chi connectivity index (χ0) is 19.2. The first-order valence-electron chi connectivity index (χ1n) is 8.36. The molecular weight excluding hydrogens is 366 g/mol. The quantitative estimate of drug-likeness (QED) is 0.681. The lowest BCUT2D eigenvalue weighted by Crippen LogP contribution is -2.45. The SMILES string of the molecule is Cc1cc(NC(=O)[C@H](Cc2ccccc2)NC(=O)c2ccccc2Cl)no1. The van der Waals surface area contributed by atoms with Crippen molar-refractivity contribution in [1.82, 2.24) is 10.5 Å². The molecule has 0 unspecified atom stereocenters. The number of hydrogen-bond donors (Lipinski definition) is 2. The monoisotopic (exact) mass is 383 g/mol. The Hall–Kier alpha value is -3.12. The van der Waals surface area contributed by atoms with Gasteiger partial charge in [-0.25, -0.2) is 0 Å². The van der Waals surface area contributed by atoms with Crippen molar-refractivity contribution in [3.05, 3.63) is 82.6 Å². The van der Waals surface area contributed by atoms with E-state index in [1.54, 1.807) is 37.3 Å². The third kappa shape index (κ3) is 4.95. The maximum absolute atomic E-state index is 12.7. The van der Waals surface area contributed by atoms with E-state index in [-0.39, 0.29) is 0 Å². The molecule has 0 fully saturated rings. The van der Waals surface area contributed by atoms with E-state index < -0.39 is 17.9 Å². The topological polar surface area (TPSA) is 84.2 Å². The normalized spacial score (nSPS) is 11.6. The molecule has 0 bridgehead atoms. The Bertz CT molecular complexity index is 940. The molecule has 2 aromatic carbocycles. The molecule has 0 saturated heterocycles. The van der Waals surface area contributed by atoms with Gasteiger partial charge in [0.05, 0.1) is 10.6 Å². The minimum absolute atomic E-state index is 0.294. The van der Waals surface area contributed by atoms with Crippen LogP contribution in [0.3, 0.4) is 0 Å². The fourth-order valence-electron chi connectivity index (χ4n) is 2.58. The van der Waals surface area contributed by atoms with E-state index in [9.17, 15) is 9.59 Å². The summed E-state index contributed by atoms with van der Waals surface area (Å²) in [6, 6.07) is 16.9. The molecule has 0 aliphatic rings. The van der Waals surface area contributed by atoms with Gasteiger partial charge in [-0.1, -0.05) is 59.2 Å². The first kappa shape index (κ1) is 18.7. The van der Waals surface area contributed by atoms with Gasteiger partial charge < -0.3 is 15.2 Å². The van der Waals surface area contributed by atoms with E-state index >= 15 is 0 Å². The number of amides is 2. The summed E-state index contributed by atoms with van der Waals surface area (Å²) in [5.41, 5.74) is 1.22. The molecule has 0 saturated carbocycles. The average Bonchev–Trinajstić information content (AvgIpc) is 3.07. The van der Waals surface area contributed by atoms with Crippen molar-refractivity contribution in [2.45, 2.75) is 19.4 Å². The molecular formula is C20H18ClN3O3. The van der Waals surface area contributed by atoms with Gasteiger partial charge in [0.25, 0.3) is 5.91 Å². The van der Waals surface area contributed by atoms with Gasteiger partial charge in [-0.15, -0.1) is 0 Å². The van der Waals surface area contributed by atoms with Gasteiger partial charge in [0, 0.05) is 12.5 Å². The van der Waals surface area contributed by atoms with Crippen molar-refractivity contribution in [3.8, 4) is 0 Å². The Kier molecular flexibility index (Phi) is 5.88. The molecule has 1 aromatic heterocycles. The van der Waals surface area contributed by atoms with Gasteiger partial charge >= 0.3 is 0 Å². The number of nitrogens with zero attached hydrogens (tertiary/aromatic N) is 1. The van der Waals surface area contributed by atoms with Crippen molar-refractivity contribution in [2.24, 2.45) is 0 Å². The third-order valence-electron chi connectivity index (χ3n) is 3.90. The van der Waals surface area contributed by atoms with Crippen molar-refractivity contribution >= 4 is 29.2 Å². The highest BCUT2D eigenvalue weighted by Gasteiger charge is 2.23. The van der Waals surface area contributed by atoms with Crippen LogP contribution in [0.25, 0.3) is 0 Å². The minimum Gasteiger partial charge on any atom is -0.360 e. The molecule has 3 rings (SSSR count). The molecule has 1 heterocycles. The van der Waals surface area contributed by atoms with Crippen molar-refractivity contribution < 1.29 is 14.1 Å². The highest BCUT2D eigenvalue weighted by molar-refractivity contribution is 6.33. The minimum atomic E-state index is -0.812. The Morgan fingerprint density at radius 1 is 1.11 bits per heavy atom. The summed E-state index contributed by atoms with van der Waals surface area (Å²) in [6.07, 6.45) is 0.319. The van der Waals surface area contributed by atoms with Crippen LogP contribution in [0.4, 0.5) is 5.82 Å². The van der Waals surface area contributed by atoms with Gasteiger partial charge in [-0.05, 0) is 24.6 Å².